The second-order valence-electron chi connectivity index (χ2n) is 5.96. The van der Waals surface area contributed by atoms with Crippen molar-refractivity contribution in [1.29, 1.82) is 0 Å². The second-order valence-corrected chi connectivity index (χ2v) is 5.96. The first-order valence-electron chi connectivity index (χ1n) is 8.24. The van der Waals surface area contributed by atoms with Gasteiger partial charge in [-0.25, -0.2) is 0 Å². The van der Waals surface area contributed by atoms with Crippen LogP contribution in [0, 0.1) is 0 Å². The van der Waals surface area contributed by atoms with Gasteiger partial charge < -0.3 is 9.63 Å². The Bertz CT molecular complexity index is 947. The van der Waals surface area contributed by atoms with Crippen LogP contribution in [-0.2, 0) is 6.42 Å². The van der Waals surface area contributed by atoms with Crippen LogP contribution in [0.25, 0.3) is 5.69 Å². The minimum Gasteiger partial charge on any atom is -0.539 e. The summed E-state index contributed by atoms with van der Waals surface area (Å²) in [4.78, 5) is 8.52. The van der Waals surface area contributed by atoms with Crippen LogP contribution >= 0.6 is 0 Å². The van der Waals surface area contributed by atoms with Crippen molar-refractivity contribution in [3.05, 3.63) is 96.2 Å². The van der Waals surface area contributed by atoms with E-state index in [1.807, 2.05) is 42.7 Å². The fourth-order valence-corrected chi connectivity index (χ4v) is 3.01. The zero-order valence-electron chi connectivity index (χ0n) is 13.9. The minimum atomic E-state index is -0.473. The summed E-state index contributed by atoms with van der Waals surface area (Å²) in [5.74, 6) is -0.343. The summed E-state index contributed by atoms with van der Waals surface area (Å²) >= 11 is 0. The van der Waals surface area contributed by atoms with Crippen molar-refractivity contribution in [2.75, 3.05) is 0 Å². The van der Waals surface area contributed by atoms with Gasteiger partial charge in [-0.05, 0) is 39.9 Å². The molecule has 3 heterocycles. The third-order valence-corrected chi connectivity index (χ3v) is 4.23. The summed E-state index contributed by atoms with van der Waals surface area (Å²) < 4.78 is 6.06. The van der Waals surface area contributed by atoms with Gasteiger partial charge in [-0.15, -0.1) is 0 Å². The second kappa shape index (κ2) is 7.14. The summed E-state index contributed by atoms with van der Waals surface area (Å²) in [6, 6.07) is 15.9. The first-order valence-corrected chi connectivity index (χ1v) is 8.24. The summed E-state index contributed by atoms with van der Waals surface area (Å²) in [6.07, 6.45) is 9.40. The van der Waals surface area contributed by atoms with E-state index in [1.165, 1.54) is 10.9 Å². The van der Waals surface area contributed by atoms with Gasteiger partial charge in [0.25, 0.3) is 0 Å². The first-order chi connectivity index (χ1) is 12.8. The number of hydrogen-bond acceptors (Lipinski definition) is 5. The van der Waals surface area contributed by atoms with Gasteiger partial charge in [-0.3, -0.25) is 9.97 Å². The van der Waals surface area contributed by atoms with E-state index in [9.17, 15) is 5.11 Å². The van der Waals surface area contributed by atoms with E-state index in [0.717, 1.165) is 28.8 Å². The van der Waals surface area contributed by atoms with E-state index in [2.05, 4.69) is 38.0 Å². The fraction of sp³-hybridized carbons (Fsp3) is 0.100. The lowest BCUT2D eigenvalue weighted by molar-refractivity contribution is -0.670. The molecule has 0 unspecified atom stereocenters. The topological polar surface area (TPSA) is 78.8 Å². The lowest BCUT2D eigenvalue weighted by Gasteiger charge is -2.17. The number of aromatic nitrogens is 4. The van der Waals surface area contributed by atoms with Crippen LogP contribution in [0.3, 0.4) is 0 Å². The van der Waals surface area contributed by atoms with Crippen LogP contribution in [0.5, 0.6) is 5.95 Å². The Hall–Kier alpha value is -3.54. The van der Waals surface area contributed by atoms with Gasteiger partial charge in [-0.2, -0.15) is 0 Å². The van der Waals surface area contributed by atoms with Crippen LogP contribution in [0.15, 0.2) is 84.0 Å². The molecule has 26 heavy (non-hydrogen) atoms. The monoisotopic (exact) mass is 344 g/mol. The maximum absolute atomic E-state index is 11.2. The molecular weight excluding hydrogens is 328 g/mol. The number of benzene rings is 1. The number of nitrogens with zero attached hydrogens (tertiary/aromatic N) is 4. The minimum absolute atomic E-state index is 0.130. The van der Waals surface area contributed by atoms with E-state index in [1.54, 1.807) is 12.4 Å². The molecule has 1 aromatic carbocycles. The molecule has 4 aromatic rings. The smallest absolute Gasteiger partial charge is 0.239 e. The van der Waals surface area contributed by atoms with Crippen LogP contribution in [-0.4, -0.2) is 15.2 Å². The first kappa shape index (κ1) is 16.0. The maximum atomic E-state index is 11.2. The molecule has 0 aliphatic rings. The average molecular weight is 344 g/mol. The lowest BCUT2D eigenvalue weighted by atomic mass is 9.87. The molecule has 0 bridgehead atoms. The molecular formula is C20H16N4O2. The molecule has 0 aliphatic carbocycles. The largest absolute Gasteiger partial charge is 0.539 e. The van der Waals surface area contributed by atoms with Crippen LogP contribution in [0.4, 0.5) is 0 Å². The molecule has 4 rings (SSSR count). The Labute approximate surface area is 150 Å². The van der Waals surface area contributed by atoms with Crippen molar-refractivity contribution in [2.24, 2.45) is 0 Å². The molecule has 6 nitrogen and oxygen atoms in total. The Balaban J connectivity index is 1.68. The van der Waals surface area contributed by atoms with E-state index in [0.29, 0.717) is 0 Å². The highest BCUT2D eigenvalue weighted by Gasteiger charge is 2.17. The molecule has 0 radical (unpaired) electrons. The third-order valence-electron chi connectivity index (χ3n) is 4.23. The van der Waals surface area contributed by atoms with Crippen LogP contribution < -0.4 is 9.79 Å². The van der Waals surface area contributed by atoms with Crippen molar-refractivity contribution < 1.29 is 14.3 Å². The Morgan fingerprint density at radius 3 is 2.27 bits per heavy atom. The SMILES string of the molecule is [O-]c1c[n+](-c2cccc(CC(c3cccnc3)c3cccnc3)c2)no1. The van der Waals surface area contributed by atoms with Gasteiger partial charge in [-0.1, -0.05) is 24.3 Å². The van der Waals surface area contributed by atoms with Gasteiger partial charge in [0.15, 0.2) is 0 Å². The Morgan fingerprint density at radius 1 is 0.962 bits per heavy atom. The maximum Gasteiger partial charge on any atom is 0.239 e. The highest BCUT2D eigenvalue weighted by atomic mass is 16.6. The van der Waals surface area contributed by atoms with Gasteiger partial charge in [0.1, 0.15) is 5.95 Å². The van der Waals surface area contributed by atoms with Crippen molar-refractivity contribution in [2.45, 2.75) is 12.3 Å². The van der Waals surface area contributed by atoms with E-state index < -0.39 is 5.95 Å². The summed E-state index contributed by atoms with van der Waals surface area (Å²) in [7, 11) is 0. The van der Waals surface area contributed by atoms with Crippen LogP contribution in [0.2, 0.25) is 0 Å². The zero-order chi connectivity index (χ0) is 17.8. The number of rotatable bonds is 5. The van der Waals surface area contributed by atoms with Crippen molar-refractivity contribution >= 4 is 0 Å². The van der Waals surface area contributed by atoms with Gasteiger partial charge in [0.05, 0.1) is 5.27 Å². The van der Waals surface area contributed by atoms with Crippen molar-refractivity contribution in [3.8, 4) is 11.6 Å². The third kappa shape index (κ3) is 3.44. The summed E-state index contributed by atoms with van der Waals surface area (Å²) in [6.45, 7) is 0. The molecule has 0 aliphatic heterocycles. The predicted octanol–water partition coefficient (Wildman–Crippen LogP) is 2.19. The van der Waals surface area contributed by atoms with Crippen molar-refractivity contribution in [1.82, 2.24) is 15.2 Å². The highest BCUT2D eigenvalue weighted by Crippen LogP contribution is 2.27. The van der Waals surface area contributed by atoms with Gasteiger partial charge in [0.2, 0.25) is 11.9 Å². The van der Waals surface area contributed by atoms with Crippen LogP contribution in [0.1, 0.15) is 22.6 Å². The fourth-order valence-electron chi connectivity index (χ4n) is 3.01. The van der Waals surface area contributed by atoms with E-state index >= 15 is 0 Å². The molecule has 0 atom stereocenters. The molecule has 6 heteroatoms. The molecule has 3 aromatic heterocycles. The summed E-state index contributed by atoms with van der Waals surface area (Å²) in [5.41, 5.74) is 4.15. The normalized spacial score (nSPS) is 11.0. The average Bonchev–Trinajstić information content (AvgIpc) is 3.14. The van der Waals surface area contributed by atoms with Gasteiger partial charge >= 0.3 is 0 Å². The van der Waals surface area contributed by atoms with Crippen molar-refractivity contribution in [3.63, 3.8) is 0 Å². The zero-order valence-corrected chi connectivity index (χ0v) is 13.9. The number of pyridine rings is 2. The molecule has 0 saturated heterocycles. The molecule has 0 spiro atoms. The lowest BCUT2D eigenvalue weighted by Crippen LogP contribution is -2.31. The highest BCUT2D eigenvalue weighted by molar-refractivity contribution is 5.35. The molecule has 128 valence electrons. The van der Waals surface area contributed by atoms with E-state index in [-0.39, 0.29) is 5.92 Å². The molecule has 0 fully saturated rings. The Kier molecular flexibility index (Phi) is 4.38. The van der Waals surface area contributed by atoms with Gasteiger partial charge in [0, 0.05) is 42.8 Å². The summed E-state index contributed by atoms with van der Waals surface area (Å²) in [5, 5.41) is 15.0. The number of hydrogen-bond donors (Lipinski definition) is 0. The quantitative estimate of drug-likeness (QED) is 0.519. The standard InChI is InChI=1S/C20H16N4O2/c25-20-14-24(23-26-20)18-7-1-4-15(10-18)11-19(16-5-2-8-21-12-16)17-6-3-9-22-13-17/h1-10,12-14,19H,11H2. The molecule has 0 N–H and O–H groups in total. The molecule has 0 saturated carbocycles. The Morgan fingerprint density at radius 2 is 1.69 bits per heavy atom. The molecule has 0 amide bonds. The van der Waals surface area contributed by atoms with E-state index in [4.69, 9.17) is 0 Å². The predicted molar refractivity (Wildman–Crippen MR) is 91.5 cm³/mol.